The number of anilines is 1. The van der Waals surface area contributed by atoms with E-state index in [0.717, 1.165) is 40.8 Å². The minimum atomic E-state index is -0.260. The number of likely N-dealkylation sites (N-methyl/N-ethyl adjacent to an activating group) is 1. The fourth-order valence-electron chi connectivity index (χ4n) is 3.66. The highest BCUT2D eigenvalue weighted by Crippen LogP contribution is 2.41. The summed E-state index contributed by atoms with van der Waals surface area (Å²) in [6.45, 7) is 5.95. The second kappa shape index (κ2) is 8.87. The number of aryl methyl sites for hydroxylation is 3. The van der Waals surface area contributed by atoms with Gasteiger partial charge in [0, 0.05) is 17.8 Å². The summed E-state index contributed by atoms with van der Waals surface area (Å²) in [5.41, 5.74) is 5.03. The number of halogens is 1. The Labute approximate surface area is 177 Å². The topological polar surface area (TPSA) is 61.4 Å². The zero-order valence-electron chi connectivity index (χ0n) is 17.4. The van der Waals surface area contributed by atoms with Crippen molar-refractivity contribution in [1.82, 2.24) is 10.2 Å². The lowest BCUT2D eigenvalue weighted by Gasteiger charge is -2.24. The molecule has 2 aromatic rings. The minimum Gasteiger partial charge on any atom is -0.331 e. The second-order valence-corrected chi connectivity index (χ2v) is 8.43. The second-order valence-electron chi connectivity index (χ2n) is 7.99. The van der Waals surface area contributed by atoms with Crippen LogP contribution in [0, 0.1) is 26.7 Å². The average molecular weight is 414 g/mol. The summed E-state index contributed by atoms with van der Waals surface area (Å²) in [6.07, 6.45) is 2.17. The van der Waals surface area contributed by atoms with Crippen LogP contribution in [0.3, 0.4) is 0 Å². The van der Waals surface area contributed by atoms with Gasteiger partial charge in [-0.1, -0.05) is 41.4 Å². The Hall–Kier alpha value is -2.53. The third-order valence-electron chi connectivity index (χ3n) is 5.27. The minimum absolute atomic E-state index is 0.0173. The van der Waals surface area contributed by atoms with E-state index in [1.165, 1.54) is 4.90 Å². The molecule has 3 rings (SSSR count). The molecule has 1 saturated carbocycles. The molecule has 2 N–H and O–H groups in total. The maximum Gasteiger partial charge on any atom is 0.318 e. The smallest absolute Gasteiger partial charge is 0.318 e. The van der Waals surface area contributed by atoms with E-state index in [0.29, 0.717) is 10.9 Å². The number of hydrogen-bond donors (Lipinski definition) is 2. The molecule has 29 heavy (non-hydrogen) atoms. The molecule has 1 fully saturated rings. The van der Waals surface area contributed by atoms with Crippen molar-refractivity contribution in [3.05, 3.63) is 63.7 Å². The molecule has 0 aliphatic heterocycles. The molecule has 0 saturated heterocycles. The van der Waals surface area contributed by atoms with Gasteiger partial charge in [-0.15, -0.1) is 0 Å². The standard InChI is InChI=1S/C23H28ClN3O2/c1-14-11-15(2)21(16(3)12-14)25-20(28)13-27(4)23(29)26-22(17-5-6-17)18-7-9-19(24)10-8-18/h7-12,17,22H,5-6,13H2,1-4H3,(H,25,28)(H,26,29). The summed E-state index contributed by atoms with van der Waals surface area (Å²) >= 11 is 5.98. The van der Waals surface area contributed by atoms with E-state index in [4.69, 9.17) is 11.6 Å². The average Bonchev–Trinajstić information content (AvgIpc) is 3.48. The molecule has 154 valence electrons. The number of carbonyl (C=O) groups is 2. The predicted molar refractivity (Wildman–Crippen MR) is 117 cm³/mol. The van der Waals surface area contributed by atoms with Crippen LogP contribution in [0.2, 0.25) is 5.02 Å². The SMILES string of the molecule is Cc1cc(C)c(NC(=O)CN(C)C(=O)NC(c2ccc(Cl)cc2)C2CC2)c(C)c1. The molecule has 1 aliphatic carbocycles. The molecule has 0 spiro atoms. The predicted octanol–water partition coefficient (Wildman–Crippen LogP) is 5.00. The summed E-state index contributed by atoms with van der Waals surface area (Å²) in [5.74, 6) is 0.215. The van der Waals surface area contributed by atoms with Gasteiger partial charge in [0.1, 0.15) is 6.54 Å². The fraction of sp³-hybridized carbons (Fsp3) is 0.391. The number of carbonyl (C=O) groups excluding carboxylic acids is 2. The first-order chi connectivity index (χ1) is 13.7. The van der Waals surface area contributed by atoms with Crippen molar-refractivity contribution < 1.29 is 9.59 Å². The van der Waals surface area contributed by atoms with Crippen LogP contribution >= 0.6 is 11.6 Å². The molecule has 1 unspecified atom stereocenters. The normalized spacial score (nSPS) is 14.2. The summed E-state index contributed by atoms with van der Waals surface area (Å²) < 4.78 is 0. The summed E-state index contributed by atoms with van der Waals surface area (Å²) in [7, 11) is 1.63. The quantitative estimate of drug-likeness (QED) is 0.700. The van der Waals surface area contributed by atoms with Gasteiger partial charge in [0.15, 0.2) is 0 Å². The number of nitrogens with one attached hydrogen (secondary N) is 2. The molecule has 3 amide bonds. The van der Waals surface area contributed by atoms with Crippen molar-refractivity contribution in [2.45, 2.75) is 39.7 Å². The van der Waals surface area contributed by atoms with Crippen LogP contribution in [-0.2, 0) is 4.79 Å². The van der Waals surface area contributed by atoms with Crippen molar-refractivity contribution in [3.63, 3.8) is 0 Å². The molecule has 6 heteroatoms. The molecule has 0 heterocycles. The van der Waals surface area contributed by atoms with Crippen molar-refractivity contribution >= 4 is 29.2 Å². The van der Waals surface area contributed by atoms with Crippen LogP contribution in [0.1, 0.15) is 41.1 Å². The first-order valence-electron chi connectivity index (χ1n) is 9.89. The van der Waals surface area contributed by atoms with Gasteiger partial charge in [-0.2, -0.15) is 0 Å². The van der Waals surface area contributed by atoms with Crippen molar-refractivity contribution in [2.24, 2.45) is 5.92 Å². The first-order valence-corrected chi connectivity index (χ1v) is 10.3. The zero-order chi connectivity index (χ0) is 21.1. The molecule has 2 aromatic carbocycles. The van der Waals surface area contributed by atoms with Crippen LogP contribution in [0.15, 0.2) is 36.4 Å². The Morgan fingerprint density at radius 3 is 2.24 bits per heavy atom. The van der Waals surface area contributed by atoms with E-state index in [9.17, 15) is 9.59 Å². The Balaban J connectivity index is 1.61. The molecule has 5 nitrogen and oxygen atoms in total. The van der Waals surface area contributed by atoms with E-state index in [-0.39, 0.29) is 24.5 Å². The maximum atomic E-state index is 12.7. The van der Waals surface area contributed by atoms with E-state index in [1.54, 1.807) is 7.05 Å². The fourth-order valence-corrected chi connectivity index (χ4v) is 3.79. The van der Waals surface area contributed by atoms with Crippen LogP contribution in [0.5, 0.6) is 0 Å². The number of hydrogen-bond acceptors (Lipinski definition) is 2. The third kappa shape index (κ3) is 5.51. The number of amides is 3. The molecule has 1 aliphatic rings. The van der Waals surface area contributed by atoms with Gasteiger partial charge in [0.25, 0.3) is 0 Å². The van der Waals surface area contributed by atoms with Gasteiger partial charge in [-0.3, -0.25) is 4.79 Å². The highest BCUT2D eigenvalue weighted by atomic mass is 35.5. The third-order valence-corrected chi connectivity index (χ3v) is 5.52. The van der Waals surface area contributed by atoms with Gasteiger partial charge in [-0.05, 0) is 68.4 Å². The number of urea groups is 1. The van der Waals surface area contributed by atoms with Gasteiger partial charge >= 0.3 is 6.03 Å². The van der Waals surface area contributed by atoms with Crippen LogP contribution in [0.4, 0.5) is 10.5 Å². The Kier molecular flexibility index (Phi) is 6.48. The van der Waals surface area contributed by atoms with E-state index < -0.39 is 0 Å². The van der Waals surface area contributed by atoms with Crippen molar-refractivity contribution in [2.75, 3.05) is 18.9 Å². The summed E-state index contributed by atoms with van der Waals surface area (Å²) in [6, 6.07) is 11.3. The number of nitrogens with zero attached hydrogens (tertiary/aromatic N) is 1. The number of benzene rings is 2. The molecule has 0 radical (unpaired) electrons. The highest BCUT2D eigenvalue weighted by molar-refractivity contribution is 6.30. The summed E-state index contributed by atoms with van der Waals surface area (Å²) in [5, 5.41) is 6.69. The van der Waals surface area contributed by atoms with Gasteiger partial charge in [0.2, 0.25) is 5.91 Å². The Morgan fingerprint density at radius 2 is 1.69 bits per heavy atom. The zero-order valence-corrected chi connectivity index (χ0v) is 18.1. The van der Waals surface area contributed by atoms with Crippen molar-refractivity contribution in [3.8, 4) is 0 Å². The van der Waals surface area contributed by atoms with Gasteiger partial charge in [0.05, 0.1) is 6.04 Å². The van der Waals surface area contributed by atoms with Crippen LogP contribution in [-0.4, -0.2) is 30.4 Å². The molecule has 0 aromatic heterocycles. The van der Waals surface area contributed by atoms with E-state index >= 15 is 0 Å². The lowest BCUT2D eigenvalue weighted by atomic mass is 10.0. The Morgan fingerprint density at radius 1 is 1.10 bits per heavy atom. The summed E-state index contributed by atoms with van der Waals surface area (Å²) in [4.78, 5) is 26.6. The lowest BCUT2D eigenvalue weighted by molar-refractivity contribution is -0.116. The lowest BCUT2D eigenvalue weighted by Crippen LogP contribution is -2.43. The highest BCUT2D eigenvalue weighted by Gasteiger charge is 2.34. The molecule has 0 bridgehead atoms. The largest absolute Gasteiger partial charge is 0.331 e. The first kappa shape index (κ1) is 21.2. The van der Waals surface area contributed by atoms with Crippen LogP contribution in [0.25, 0.3) is 0 Å². The molecular weight excluding hydrogens is 386 g/mol. The van der Waals surface area contributed by atoms with Crippen molar-refractivity contribution in [1.29, 1.82) is 0 Å². The van der Waals surface area contributed by atoms with E-state index in [2.05, 4.69) is 10.6 Å². The Bertz CT molecular complexity index is 884. The molecular formula is C23H28ClN3O2. The van der Waals surface area contributed by atoms with Crippen LogP contribution < -0.4 is 10.6 Å². The van der Waals surface area contributed by atoms with Gasteiger partial charge in [-0.25, -0.2) is 4.79 Å². The molecule has 1 atom stereocenters. The van der Waals surface area contributed by atoms with E-state index in [1.807, 2.05) is 57.2 Å². The van der Waals surface area contributed by atoms with Gasteiger partial charge < -0.3 is 15.5 Å². The number of rotatable bonds is 6. The monoisotopic (exact) mass is 413 g/mol. The maximum absolute atomic E-state index is 12.7.